The van der Waals surface area contributed by atoms with E-state index in [-0.39, 0.29) is 5.78 Å². The summed E-state index contributed by atoms with van der Waals surface area (Å²) in [5.41, 5.74) is 5.61. The van der Waals surface area contributed by atoms with Crippen LogP contribution in [0, 0.1) is 6.92 Å². The quantitative estimate of drug-likeness (QED) is 0.672. The zero-order valence-corrected chi connectivity index (χ0v) is 15.2. The minimum absolute atomic E-state index is 0.234. The van der Waals surface area contributed by atoms with Crippen LogP contribution in [0.15, 0.2) is 60.7 Å². The Morgan fingerprint density at radius 1 is 1.08 bits per heavy atom. The van der Waals surface area contributed by atoms with Crippen molar-refractivity contribution < 1.29 is 4.79 Å². The highest BCUT2D eigenvalue weighted by atomic mass is 16.1. The van der Waals surface area contributed by atoms with E-state index < -0.39 is 0 Å². The van der Waals surface area contributed by atoms with Gasteiger partial charge in [-0.25, -0.2) is 0 Å². The summed E-state index contributed by atoms with van der Waals surface area (Å²) in [7, 11) is 0. The minimum atomic E-state index is 0.234. The third kappa shape index (κ3) is 3.35. The van der Waals surface area contributed by atoms with Crippen LogP contribution in [0.1, 0.15) is 34.5 Å². The van der Waals surface area contributed by atoms with E-state index >= 15 is 0 Å². The van der Waals surface area contributed by atoms with Gasteiger partial charge in [0.15, 0.2) is 5.78 Å². The second-order valence-electron chi connectivity index (χ2n) is 6.99. The highest BCUT2D eigenvalue weighted by Gasteiger charge is 2.18. The molecule has 1 aromatic heterocycles. The number of aromatic nitrogens is 1. The molecule has 0 amide bonds. The lowest BCUT2D eigenvalue weighted by Gasteiger charge is -2.26. The zero-order valence-electron chi connectivity index (χ0n) is 15.2. The molecule has 0 bridgehead atoms. The van der Waals surface area contributed by atoms with Crippen molar-refractivity contribution in [3.05, 3.63) is 77.5 Å². The molecular weight excluding hydrogens is 320 g/mol. The summed E-state index contributed by atoms with van der Waals surface area (Å²) in [6, 6.07) is 18.6. The van der Waals surface area contributed by atoms with Gasteiger partial charge in [-0.3, -0.25) is 9.69 Å². The predicted octanol–water partition coefficient (Wildman–Crippen LogP) is 4.84. The van der Waals surface area contributed by atoms with Gasteiger partial charge in [0.25, 0.3) is 0 Å². The first-order chi connectivity index (χ1) is 12.7. The molecule has 3 heteroatoms. The van der Waals surface area contributed by atoms with Crippen LogP contribution in [-0.4, -0.2) is 35.3 Å². The Labute approximate surface area is 154 Å². The van der Waals surface area contributed by atoms with Crippen LogP contribution in [-0.2, 0) is 0 Å². The smallest absolute Gasteiger partial charge is 0.166 e. The second kappa shape index (κ2) is 7.30. The average Bonchev–Trinajstić information content (AvgIpc) is 3.03. The van der Waals surface area contributed by atoms with Gasteiger partial charge in [-0.1, -0.05) is 54.6 Å². The number of carbonyl (C=O) groups is 1. The first kappa shape index (κ1) is 16.8. The van der Waals surface area contributed by atoms with E-state index in [1.807, 2.05) is 31.2 Å². The number of nitrogens with one attached hydrogen (secondary N) is 1. The van der Waals surface area contributed by atoms with E-state index in [1.54, 1.807) is 0 Å². The van der Waals surface area contributed by atoms with Crippen LogP contribution in [0.4, 0.5) is 0 Å². The van der Waals surface area contributed by atoms with Gasteiger partial charge in [0.05, 0.1) is 0 Å². The number of rotatable bonds is 5. The second-order valence-corrected chi connectivity index (χ2v) is 6.99. The van der Waals surface area contributed by atoms with Crippen molar-refractivity contribution in [1.82, 2.24) is 9.88 Å². The number of nitrogens with zero attached hydrogens (tertiary/aromatic N) is 1. The Hall–Kier alpha value is -2.65. The van der Waals surface area contributed by atoms with Crippen molar-refractivity contribution in [3.63, 3.8) is 0 Å². The molecule has 0 aliphatic carbocycles. The third-order valence-electron chi connectivity index (χ3n) is 5.27. The number of para-hydroxylation sites is 1. The Morgan fingerprint density at radius 3 is 2.62 bits per heavy atom. The fourth-order valence-corrected chi connectivity index (χ4v) is 3.85. The van der Waals surface area contributed by atoms with Crippen LogP contribution >= 0.6 is 0 Å². The lowest BCUT2D eigenvalue weighted by molar-refractivity contribution is 0.0967. The molecule has 26 heavy (non-hydrogen) atoms. The first-order valence-electron chi connectivity index (χ1n) is 9.29. The van der Waals surface area contributed by atoms with E-state index in [0.717, 1.165) is 48.2 Å². The number of H-pyrrole nitrogens is 1. The maximum Gasteiger partial charge on any atom is 0.166 e. The Balaban J connectivity index is 1.40. The van der Waals surface area contributed by atoms with Crippen molar-refractivity contribution in [2.45, 2.75) is 19.8 Å². The number of fused-ring (bicyclic) bond motifs is 1. The lowest BCUT2D eigenvalue weighted by Crippen LogP contribution is -2.30. The van der Waals surface area contributed by atoms with Gasteiger partial charge < -0.3 is 4.98 Å². The molecule has 1 aliphatic rings. The monoisotopic (exact) mass is 344 g/mol. The molecule has 3 nitrogen and oxygen atoms in total. The van der Waals surface area contributed by atoms with Crippen molar-refractivity contribution in [3.8, 4) is 0 Å². The summed E-state index contributed by atoms with van der Waals surface area (Å²) in [6.45, 7) is 4.74. The number of Topliss-reactive ketones (excluding diaryl/α,β-unsaturated/α-hetero) is 1. The standard InChI is InChI=1S/C23H24N2O/c1-17-23(20-9-5-6-10-21(20)24-17)22(26)13-16-25-14-11-19(12-15-25)18-7-3-2-4-8-18/h2-11,24H,12-16H2,1H3. The molecular formula is C23H24N2O. The number of hydrogen-bond donors (Lipinski definition) is 1. The van der Waals surface area contributed by atoms with Gasteiger partial charge in [-0.2, -0.15) is 0 Å². The fourth-order valence-electron chi connectivity index (χ4n) is 3.85. The topological polar surface area (TPSA) is 36.1 Å². The third-order valence-corrected chi connectivity index (χ3v) is 5.27. The average molecular weight is 344 g/mol. The zero-order chi connectivity index (χ0) is 17.9. The predicted molar refractivity (Wildman–Crippen MR) is 107 cm³/mol. The summed E-state index contributed by atoms with van der Waals surface area (Å²) in [6.07, 6.45) is 3.92. The summed E-state index contributed by atoms with van der Waals surface area (Å²) in [5, 5.41) is 1.04. The maximum atomic E-state index is 12.8. The van der Waals surface area contributed by atoms with Crippen molar-refractivity contribution in [2.24, 2.45) is 0 Å². The number of aryl methyl sites for hydroxylation is 1. The molecule has 132 valence electrons. The first-order valence-corrected chi connectivity index (χ1v) is 9.29. The number of hydrogen-bond acceptors (Lipinski definition) is 2. The van der Waals surface area contributed by atoms with Crippen LogP contribution in [0.3, 0.4) is 0 Å². The van der Waals surface area contributed by atoms with Crippen molar-refractivity contribution in [2.75, 3.05) is 19.6 Å². The molecule has 0 atom stereocenters. The number of benzene rings is 2. The van der Waals surface area contributed by atoms with Gasteiger partial charge in [0.2, 0.25) is 0 Å². The highest BCUT2D eigenvalue weighted by molar-refractivity contribution is 6.09. The van der Waals surface area contributed by atoms with Crippen LogP contribution in [0.25, 0.3) is 16.5 Å². The Morgan fingerprint density at radius 2 is 1.85 bits per heavy atom. The molecule has 0 spiro atoms. The van der Waals surface area contributed by atoms with Gasteiger partial charge in [0, 0.05) is 48.2 Å². The Kier molecular flexibility index (Phi) is 4.72. The van der Waals surface area contributed by atoms with Gasteiger partial charge in [-0.05, 0) is 30.5 Å². The lowest BCUT2D eigenvalue weighted by atomic mass is 9.99. The summed E-state index contributed by atoms with van der Waals surface area (Å²) >= 11 is 0. The maximum absolute atomic E-state index is 12.8. The molecule has 2 heterocycles. The fraction of sp³-hybridized carbons (Fsp3) is 0.261. The number of carbonyl (C=O) groups excluding carboxylic acids is 1. The van der Waals surface area contributed by atoms with E-state index in [4.69, 9.17) is 0 Å². The summed E-state index contributed by atoms with van der Waals surface area (Å²) in [4.78, 5) is 18.5. The molecule has 0 saturated carbocycles. The molecule has 0 radical (unpaired) electrons. The van der Waals surface area contributed by atoms with Crippen molar-refractivity contribution in [1.29, 1.82) is 0 Å². The molecule has 1 N–H and O–H groups in total. The van der Waals surface area contributed by atoms with Gasteiger partial charge in [0.1, 0.15) is 0 Å². The number of aromatic amines is 1. The molecule has 2 aromatic carbocycles. The largest absolute Gasteiger partial charge is 0.358 e. The van der Waals surface area contributed by atoms with E-state index in [9.17, 15) is 4.79 Å². The Bertz CT molecular complexity index is 953. The van der Waals surface area contributed by atoms with E-state index in [2.05, 4.69) is 46.3 Å². The van der Waals surface area contributed by atoms with Gasteiger partial charge >= 0.3 is 0 Å². The summed E-state index contributed by atoms with van der Waals surface area (Å²) in [5.74, 6) is 0.234. The molecule has 0 unspecified atom stereocenters. The minimum Gasteiger partial charge on any atom is -0.358 e. The molecule has 0 saturated heterocycles. The van der Waals surface area contributed by atoms with Crippen LogP contribution < -0.4 is 0 Å². The SMILES string of the molecule is Cc1[nH]c2ccccc2c1C(=O)CCN1CC=C(c2ccccc2)CC1. The van der Waals surface area contributed by atoms with Gasteiger partial charge in [-0.15, -0.1) is 0 Å². The molecule has 0 fully saturated rings. The van der Waals surface area contributed by atoms with E-state index in [0.29, 0.717) is 6.42 Å². The number of ketones is 1. The summed E-state index contributed by atoms with van der Waals surface area (Å²) < 4.78 is 0. The van der Waals surface area contributed by atoms with E-state index in [1.165, 1.54) is 11.1 Å². The normalized spacial score (nSPS) is 15.2. The molecule has 4 rings (SSSR count). The molecule has 1 aliphatic heterocycles. The van der Waals surface area contributed by atoms with Crippen molar-refractivity contribution >= 4 is 22.3 Å². The van der Waals surface area contributed by atoms with Crippen LogP contribution in [0.2, 0.25) is 0 Å². The van der Waals surface area contributed by atoms with Crippen LogP contribution in [0.5, 0.6) is 0 Å². The molecule has 3 aromatic rings. The highest BCUT2D eigenvalue weighted by Crippen LogP contribution is 2.25.